The summed E-state index contributed by atoms with van der Waals surface area (Å²) in [5.74, 6) is 1.73. The van der Waals surface area contributed by atoms with Crippen LogP contribution < -0.4 is 0 Å². The number of fused-ring (bicyclic) bond motifs is 10. The third-order valence-electron chi connectivity index (χ3n) is 13.7. The van der Waals surface area contributed by atoms with Crippen LogP contribution in [0.5, 0.6) is 0 Å². The highest BCUT2D eigenvalue weighted by Crippen LogP contribution is 2.43. The fourth-order valence-electron chi connectivity index (χ4n) is 10.7. The molecule has 0 N–H and O–H groups in total. The van der Waals surface area contributed by atoms with Crippen LogP contribution in [-0.4, -0.2) is 28.7 Å². The standard InChI is InChI=1S/C63H40N6/c1-4-20-41(21-5-1)46-28-10-11-29-47(46)43-24-18-27-45(40-43)68-56-36-16-13-31-49(56)52-38-39-53-50-32-14-17-37-57(50)69(60(53)59(52)68)63-65-61(42-22-6-2-7-23-42)64-62(66-63)54-34-19-33-51-48-30-12-15-35-55(48)67(58(51)54)44-25-8-3-9-26-44/h1-40H. The highest BCUT2D eigenvalue weighted by Gasteiger charge is 2.25. The first-order valence-corrected chi connectivity index (χ1v) is 23.4. The quantitative estimate of drug-likeness (QED) is 0.160. The van der Waals surface area contributed by atoms with Crippen molar-refractivity contribution in [2.24, 2.45) is 0 Å². The molecular formula is C63H40N6. The first-order valence-electron chi connectivity index (χ1n) is 23.4. The summed E-state index contributed by atoms with van der Waals surface area (Å²) in [6, 6.07) is 86.2. The Balaban J connectivity index is 1.08. The maximum absolute atomic E-state index is 5.60. The minimum absolute atomic E-state index is 0.541. The predicted octanol–water partition coefficient (Wildman–Crippen LogP) is 15.8. The number of hydrogen-bond donors (Lipinski definition) is 0. The van der Waals surface area contributed by atoms with Crippen molar-refractivity contribution in [3.8, 4) is 62.4 Å². The minimum atomic E-state index is 0.541. The maximum Gasteiger partial charge on any atom is 0.238 e. The van der Waals surface area contributed by atoms with E-state index in [1.54, 1.807) is 0 Å². The first kappa shape index (κ1) is 38.8. The van der Waals surface area contributed by atoms with Crippen molar-refractivity contribution in [1.82, 2.24) is 28.7 Å². The molecule has 0 fully saturated rings. The molecule has 0 bridgehead atoms. The monoisotopic (exact) mass is 880 g/mol. The summed E-state index contributed by atoms with van der Waals surface area (Å²) in [6.45, 7) is 0. The zero-order valence-electron chi connectivity index (χ0n) is 37.3. The molecule has 69 heavy (non-hydrogen) atoms. The van der Waals surface area contributed by atoms with Gasteiger partial charge < -0.3 is 9.13 Å². The molecule has 6 heteroatoms. The molecule has 0 aliphatic carbocycles. The van der Waals surface area contributed by atoms with Gasteiger partial charge in [-0.25, -0.2) is 4.98 Å². The number of rotatable bonds is 7. The van der Waals surface area contributed by atoms with Crippen LogP contribution in [0.3, 0.4) is 0 Å². The molecule has 4 aromatic heterocycles. The summed E-state index contributed by atoms with van der Waals surface area (Å²) in [6.07, 6.45) is 0. The van der Waals surface area contributed by atoms with Gasteiger partial charge in [0.05, 0.1) is 33.1 Å². The second-order valence-corrected chi connectivity index (χ2v) is 17.6. The van der Waals surface area contributed by atoms with E-state index in [4.69, 9.17) is 15.0 Å². The van der Waals surface area contributed by atoms with E-state index >= 15 is 0 Å². The third-order valence-corrected chi connectivity index (χ3v) is 13.7. The van der Waals surface area contributed by atoms with Crippen LogP contribution in [0.25, 0.3) is 128 Å². The Kier molecular flexibility index (Phi) is 8.79. The van der Waals surface area contributed by atoms with Crippen LogP contribution in [0.15, 0.2) is 243 Å². The van der Waals surface area contributed by atoms with E-state index in [2.05, 4.69) is 238 Å². The molecule has 0 radical (unpaired) electrons. The highest BCUT2D eigenvalue weighted by molar-refractivity contribution is 6.24. The van der Waals surface area contributed by atoms with Gasteiger partial charge in [-0.15, -0.1) is 0 Å². The van der Waals surface area contributed by atoms with E-state index < -0.39 is 0 Å². The minimum Gasteiger partial charge on any atom is -0.309 e. The van der Waals surface area contributed by atoms with E-state index in [1.807, 2.05) is 18.2 Å². The van der Waals surface area contributed by atoms with E-state index in [9.17, 15) is 0 Å². The summed E-state index contributed by atoms with van der Waals surface area (Å²) >= 11 is 0. The zero-order valence-corrected chi connectivity index (χ0v) is 37.3. The summed E-state index contributed by atoms with van der Waals surface area (Å²) in [7, 11) is 0. The van der Waals surface area contributed by atoms with Crippen LogP contribution in [-0.2, 0) is 0 Å². The largest absolute Gasteiger partial charge is 0.309 e. The normalized spacial score (nSPS) is 11.8. The van der Waals surface area contributed by atoms with Gasteiger partial charge in [-0.2, -0.15) is 9.97 Å². The smallest absolute Gasteiger partial charge is 0.238 e. The van der Waals surface area contributed by atoms with Gasteiger partial charge in [-0.1, -0.05) is 194 Å². The summed E-state index contributed by atoms with van der Waals surface area (Å²) in [5.41, 5.74) is 15.0. The molecule has 0 atom stereocenters. The fraction of sp³-hybridized carbons (Fsp3) is 0. The molecule has 0 aliphatic rings. The van der Waals surface area contributed by atoms with Crippen molar-refractivity contribution in [3.63, 3.8) is 0 Å². The maximum atomic E-state index is 5.60. The molecule has 6 nitrogen and oxygen atoms in total. The SMILES string of the molecule is c1ccc(-c2nc(-c3cccc4c5ccccc5n(-c5ccccc5)c34)nc(-n3c4ccccc4c4ccc5c6ccccc6n(-c6cccc(-c7ccccc7-c7ccccc7)c6)c5c43)n2)cc1. The summed E-state index contributed by atoms with van der Waals surface area (Å²) in [5, 5.41) is 6.84. The van der Waals surface area contributed by atoms with Crippen molar-refractivity contribution in [3.05, 3.63) is 243 Å². The van der Waals surface area contributed by atoms with E-state index in [1.165, 1.54) is 27.5 Å². The molecule has 0 amide bonds. The second-order valence-electron chi connectivity index (χ2n) is 17.6. The molecule has 0 saturated heterocycles. The molecule has 14 aromatic rings. The molecule has 4 heterocycles. The van der Waals surface area contributed by atoms with E-state index in [0.29, 0.717) is 17.6 Å². The lowest BCUT2D eigenvalue weighted by molar-refractivity contribution is 0.953. The van der Waals surface area contributed by atoms with Gasteiger partial charge >= 0.3 is 0 Å². The van der Waals surface area contributed by atoms with Crippen LogP contribution in [0, 0.1) is 0 Å². The Bertz CT molecular complexity index is 4300. The van der Waals surface area contributed by atoms with Crippen LogP contribution in [0.1, 0.15) is 0 Å². The third kappa shape index (κ3) is 6.09. The van der Waals surface area contributed by atoms with Crippen molar-refractivity contribution in [1.29, 1.82) is 0 Å². The molecule has 0 aliphatic heterocycles. The summed E-state index contributed by atoms with van der Waals surface area (Å²) in [4.78, 5) is 16.4. The molecular weight excluding hydrogens is 841 g/mol. The van der Waals surface area contributed by atoms with Crippen molar-refractivity contribution < 1.29 is 0 Å². The van der Waals surface area contributed by atoms with E-state index in [0.717, 1.165) is 82.7 Å². The Hall–Kier alpha value is -9.39. The molecule has 0 spiro atoms. The molecule has 322 valence electrons. The molecule has 10 aromatic carbocycles. The topological polar surface area (TPSA) is 53.5 Å². The Morgan fingerprint density at radius 1 is 0.246 bits per heavy atom. The lowest BCUT2D eigenvalue weighted by Gasteiger charge is -2.15. The Morgan fingerprint density at radius 2 is 0.667 bits per heavy atom. The lowest BCUT2D eigenvalue weighted by Crippen LogP contribution is -2.08. The van der Waals surface area contributed by atoms with Gasteiger partial charge in [0.2, 0.25) is 5.95 Å². The average molecular weight is 881 g/mol. The number of benzene rings is 10. The predicted molar refractivity (Wildman–Crippen MR) is 285 cm³/mol. The van der Waals surface area contributed by atoms with Crippen LogP contribution in [0.4, 0.5) is 0 Å². The average Bonchev–Trinajstić information content (AvgIpc) is 4.08. The number of nitrogens with zero attached hydrogens (tertiary/aromatic N) is 6. The number of aromatic nitrogens is 6. The molecule has 0 unspecified atom stereocenters. The van der Waals surface area contributed by atoms with Crippen molar-refractivity contribution >= 4 is 65.4 Å². The number of hydrogen-bond acceptors (Lipinski definition) is 3. The van der Waals surface area contributed by atoms with Crippen LogP contribution in [0.2, 0.25) is 0 Å². The first-order chi connectivity index (χ1) is 34.3. The lowest BCUT2D eigenvalue weighted by atomic mass is 9.94. The summed E-state index contributed by atoms with van der Waals surface area (Å²) < 4.78 is 7.07. The Labute approximate surface area is 397 Å². The molecule has 0 saturated carbocycles. The Morgan fingerprint density at radius 3 is 1.32 bits per heavy atom. The van der Waals surface area contributed by atoms with Crippen LogP contribution >= 0.6 is 0 Å². The van der Waals surface area contributed by atoms with Gasteiger partial charge in [0.25, 0.3) is 0 Å². The van der Waals surface area contributed by atoms with E-state index in [-0.39, 0.29) is 0 Å². The van der Waals surface area contributed by atoms with Gasteiger partial charge in [0, 0.05) is 54.8 Å². The van der Waals surface area contributed by atoms with Gasteiger partial charge in [0.1, 0.15) is 0 Å². The number of para-hydroxylation sites is 5. The fourth-order valence-corrected chi connectivity index (χ4v) is 10.7. The van der Waals surface area contributed by atoms with Gasteiger partial charge in [0.15, 0.2) is 11.6 Å². The van der Waals surface area contributed by atoms with Crippen molar-refractivity contribution in [2.45, 2.75) is 0 Å². The van der Waals surface area contributed by atoms with Crippen molar-refractivity contribution in [2.75, 3.05) is 0 Å². The second kappa shape index (κ2) is 15.6. The molecule has 14 rings (SSSR count). The highest BCUT2D eigenvalue weighted by atomic mass is 15.2. The zero-order chi connectivity index (χ0) is 45.4. The van der Waals surface area contributed by atoms with Gasteiger partial charge in [-0.3, -0.25) is 4.57 Å². The van der Waals surface area contributed by atoms with Gasteiger partial charge in [-0.05, 0) is 70.8 Å².